The molecule has 2 rings (SSSR count). The molecule has 1 atom stereocenters. The molecule has 6 nitrogen and oxygen atoms in total. The summed E-state index contributed by atoms with van der Waals surface area (Å²) in [5.74, 6) is -1.03. The van der Waals surface area contributed by atoms with E-state index in [0.717, 1.165) is 0 Å². The van der Waals surface area contributed by atoms with Gasteiger partial charge in [0.2, 0.25) is 5.91 Å². The normalized spacial score (nSPS) is 11.7. The van der Waals surface area contributed by atoms with Crippen molar-refractivity contribution in [2.45, 2.75) is 18.9 Å². The lowest BCUT2D eigenvalue weighted by atomic mass is 10.0. The highest BCUT2D eigenvalue weighted by atomic mass is 16.3. The third-order valence-corrected chi connectivity index (χ3v) is 3.20. The van der Waals surface area contributed by atoms with Crippen LogP contribution < -0.4 is 11.1 Å². The van der Waals surface area contributed by atoms with Gasteiger partial charge in [0.15, 0.2) is 0 Å². The third kappa shape index (κ3) is 4.13. The van der Waals surface area contributed by atoms with Crippen molar-refractivity contribution in [3.05, 3.63) is 59.9 Å². The first kappa shape index (κ1) is 15.7. The summed E-state index contributed by atoms with van der Waals surface area (Å²) in [4.78, 5) is 27.1. The molecule has 6 heteroatoms. The fourth-order valence-corrected chi connectivity index (χ4v) is 2.06. The van der Waals surface area contributed by atoms with Crippen molar-refractivity contribution in [3.63, 3.8) is 0 Å². The van der Waals surface area contributed by atoms with Crippen LogP contribution in [-0.4, -0.2) is 28.0 Å². The van der Waals surface area contributed by atoms with Crippen molar-refractivity contribution < 1.29 is 14.7 Å². The van der Waals surface area contributed by atoms with E-state index in [2.05, 4.69) is 10.3 Å². The summed E-state index contributed by atoms with van der Waals surface area (Å²) in [5.41, 5.74) is 6.93. The number of carbonyl (C=O) groups excluding carboxylic acids is 2. The molecule has 0 saturated carbocycles. The highest BCUT2D eigenvalue weighted by molar-refractivity contribution is 5.95. The number of benzene rings is 1. The van der Waals surface area contributed by atoms with E-state index in [9.17, 15) is 14.7 Å². The third-order valence-electron chi connectivity index (χ3n) is 3.20. The van der Waals surface area contributed by atoms with Crippen LogP contribution in [0.5, 0.6) is 0 Å². The smallest absolute Gasteiger partial charge is 0.253 e. The molecule has 0 bridgehead atoms. The number of nitrogens with one attached hydrogen (secondary N) is 1. The maximum absolute atomic E-state index is 11.9. The molecular weight excluding hydrogens is 282 g/mol. The van der Waals surface area contributed by atoms with Crippen LogP contribution in [0.4, 0.5) is 5.69 Å². The molecular formula is C16H17N3O3. The first-order valence-corrected chi connectivity index (χ1v) is 6.84. The van der Waals surface area contributed by atoms with E-state index >= 15 is 0 Å². The molecule has 2 amide bonds. The van der Waals surface area contributed by atoms with Crippen LogP contribution in [0, 0.1) is 0 Å². The Balaban J connectivity index is 1.94. The monoisotopic (exact) mass is 299 g/mol. The molecule has 0 spiro atoms. The quantitative estimate of drug-likeness (QED) is 0.743. The zero-order valence-electron chi connectivity index (χ0n) is 11.9. The van der Waals surface area contributed by atoms with Gasteiger partial charge in [0, 0.05) is 11.8 Å². The van der Waals surface area contributed by atoms with Crippen LogP contribution in [0.1, 0.15) is 22.3 Å². The molecule has 22 heavy (non-hydrogen) atoms. The number of nitrogens with zero attached hydrogens (tertiary/aromatic N) is 1. The lowest BCUT2D eigenvalue weighted by molar-refractivity contribution is -0.124. The van der Waals surface area contributed by atoms with Crippen molar-refractivity contribution in [2.75, 3.05) is 5.32 Å². The number of amides is 2. The van der Waals surface area contributed by atoms with Crippen LogP contribution in [0.25, 0.3) is 0 Å². The summed E-state index contributed by atoms with van der Waals surface area (Å²) in [6, 6.07) is 10.2. The second kappa shape index (κ2) is 7.33. The van der Waals surface area contributed by atoms with Gasteiger partial charge >= 0.3 is 0 Å². The van der Waals surface area contributed by atoms with Gasteiger partial charge in [-0.25, -0.2) is 0 Å². The van der Waals surface area contributed by atoms with Gasteiger partial charge in [-0.2, -0.15) is 0 Å². The average Bonchev–Trinajstić information content (AvgIpc) is 2.53. The predicted molar refractivity (Wildman–Crippen MR) is 82.2 cm³/mol. The Morgan fingerprint density at radius 3 is 2.68 bits per heavy atom. The molecule has 4 N–H and O–H groups in total. The molecule has 0 aliphatic rings. The summed E-state index contributed by atoms with van der Waals surface area (Å²) in [6.07, 6.45) is 2.47. The number of anilines is 1. The highest BCUT2D eigenvalue weighted by Crippen LogP contribution is 2.13. The Labute approximate surface area is 128 Å². The Morgan fingerprint density at radius 1 is 1.23 bits per heavy atom. The molecule has 2 aromatic rings. The minimum absolute atomic E-state index is 0.191. The average molecular weight is 299 g/mol. The topological polar surface area (TPSA) is 105 Å². The van der Waals surface area contributed by atoms with Gasteiger partial charge in [-0.1, -0.05) is 18.2 Å². The molecule has 1 aromatic carbocycles. The Hall–Kier alpha value is -2.73. The van der Waals surface area contributed by atoms with E-state index < -0.39 is 17.9 Å². The molecule has 114 valence electrons. The number of aromatic nitrogens is 1. The van der Waals surface area contributed by atoms with Gasteiger partial charge in [-0.15, -0.1) is 0 Å². The second-order valence-electron chi connectivity index (χ2n) is 4.81. The van der Waals surface area contributed by atoms with Crippen LogP contribution in [0.3, 0.4) is 0 Å². The Bertz CT molecular complexity index is 659. The number of aryl methyl sites for hydroxylation is 1. The number of hydrogen-bond donors (Lipinski definition) is 3. The van der Waals surface area contributed by atoms with Crippen molar-refractivity contribution in [1.82, 2.24) is 4.98 Å². The zero-order valence-corrected chi connectivity index (χ0v) is 11.9. The number of nitrogens with two attached hydrogens (primary N) is 1. The number of pyridine rings is 1. The summed E-state index contributed by atoms with van der Waals surface area (Å²) >= 11 is 0. The number of aliphatic hydroxyl groups excluding tert-OH is 1. The molecule has 0 aliphatic carbocycles. The van der Waals surface area contributed by atoms with Gasteiger partial charge in [-0.3, -0.25) is 14.6 Å². The molecule has 1 aromatic heterocycles. The largest absolute Gasteiger partial charge is 0.383 e. The van der Waals surface area contributed by atoms with E-state index in [-0.39, 0.29) is 6.42 Å². The summed E-state index contributed by atoms with van der Waals surface area (Å²) < 4.78 is 0. The van der Waals surface area contributed by atoms with Crippen LogP contribution in [-0.2, 0) is 11.2 Å². The van der Waals surface area contributed by atoms with Crippen molar-refractivity contribution in [3.8, 4) is 0 Å². The van der Waals surface area contributed by atoms with Gasteiger partial charge in [0.25, 0.3) is 5.91 Å². The van der Waals surface area contributed by atoms with Crippen LogP contribution in [0.2, 0.25) is 0 Å². The van der Waals surface area contributed by atoms with Crippen molar-refractivity contribution >= 4 is 17.5 Å². The summed E-state index contributed by atoms with van der Waals surface area (Å²) in [6.45, 7) is 0. The molecule has 0 radical (unpaired) electrons. The fourth-order valence-electron chi connectivity index (χ4n) is 2.06. The first-order valence-electron chi connectivity index (χ1n) is 6.84. The van der Waals surface area contributed by atoms with E-state index in [0.29, 0.717) is 23.2 Å². The molecule has 0 fully saturated rings. The second-order valence-corrected chi connectivity index (χ2v) is 4.81. The predicted octanol–water partition coefficient (Wildman–Crippen LogP) is 1.11. The number of carbonyl (C=O) groups is 2. The zero-order chi connectivity index (χ0) is 15.9. The number of hydrogen-bond acceptors (Lipinski definition) is 4. The molecule has 1 heterocycles. The van der Waals surface area contributed by atoms with E-state index in [1.54, 1.807) is 42.6 Å². The number of rotatable bonds is 6. The lowest BCUT2D eigenvalue weighted by Crippen LogP contribution is -2.28. The maximum atomic E-state index is 11.9. The van der Waals surface area contributed by atoms with Crippen molar-refractivity contribution in [1.29, 1.82) is 0 Å². The van der Waals surface area contributed by atoms with Crippen LogP contribution >= 0.6 is 0 Å². The van der Waals surface area contributed by atoms with Gasteiger partial charge < -0.3 is 16.2 Å². The summed E-state index contributed by atoms with van der Waals surface area (Å²) in [7, 11) is 0. The minimum Gasteiger partial charge on any atom is -0.383 e. The number of primary amides is 1. The maximum Gasteiger partial charge on any atom is 0.253 e. The van der Waals surface area contributed by atoms with E-state index in [4.69, 9.17) is 5.73 Å². The minimum atomic E-state index is -1.18. The molecule has 0 saturated heterocycles. The highest BCUT2D eigenvalue weighted by Gasteiger charge is 2.16. The van der Waals surface area contributed by atoms with Gasteiger partial charge in [0.05, 0.1) is 11.9 Å². The van der Waals surface area contributed by atoms with E-state index in [1.807, 2.05) is 0 Å². The standard InChI is InChI=1S/C16H17N3O3/c17-15(21)13-6-2-1-4-11(13)7-8-14(20)16(22)19-12-5-3-9-18-10-12/h1-6,9-10,14,20H,7-8H2,(H2,17,21)(H,19,22)/t14-/m0/s1. The Morgan fingerprint density at radius 2 is 2.00 bits per heavy atom. The van der Waals surface area contributed by atoms with Gasteiger partial charge in [0.1, 0.15) is 6.10 Å². The molecule has 0 unspecified atom stereocenters. The molecule has 0 aliphatic heterocycles. The van der Waals surface area contributed by atoms with E-state index in [1.165, 1.54) is 6.20 Å². The van der Waals surface area contributed by atoms with Crippen molar-refractivity contribution in [2.24, 2.45) is 5.73 Å². The fraction of sp³-hybridized carbons (Fsp3) is 0.188. The summed E-state index contributed by atoms with van der Waals surface area (Å²) in [5, 5.41) is 12.5. The number of aliphatic hydroxyl groups is 1. The SMILES string of the molecule is NC(=O)c1ccccc1CC[C@H](O)C(=O)Nc1cccnc1. The van der Waals surface area contributed by atoms with Gasteiger partial charge in [-0.05, 0) is 36.6 Å². The lowest BCUT2D eigenvalue weighted by Gasteiger charge is -2.12. The Kier molecular flexibility index (Phi) is 5.21. The van der Waals surface area contributed by atoms with Crippen LogP contribution in [0.15, 0.2) is 48.8 Å². The first-order chi connectivity index (χ1) is 10.6.